The van der Waals surface area contributed by atoms with Crippen LogP contribution in [0.1, 0.15) is 52.9 Å². The Kier molecular flexibility index (Phi) is 6.85. The SMILES string of the molecule is CC.CC1CCC(CC#N)CC1. The van der Waals surface area contributed by atoms with Crippen LogP contribution in [0.15, 0.2) is 0 Å². The molecule has 0 unspecified atom stereocenters. The highest BCUT2D eigenvalue weighted by molar-refractivity contribution is 4.79. The Labute approximate surface area is 76.8 Å². The zero-order valence-electron chi connectivity index (χ0n) is 8.64. The van der Waals surface area contributed by atoms with Crippen molar-refractivity contribution in [1.29, 1.82) is 5.26 Å². The Hall–Kier alpha value is -0.510. The molecule has 1 aliphatic rings. The van der Waals surface area contributed by atoms with Gasteiger partial charge in [0, 0.05) is 6.42 Å². The van der Waals surface area contributed by atoms with Crippen LogP contribution in [-0.2, 0) is 0 Å². The van der Waals surface area contributed by atoms with Crippen LogP contribution in [0, 0.1) is 23.2 Å². The van der Waals surface area contributed by atoms with Gasteiger partial charge in [-0.05, 0) is 24.7 Å². The van der Waals surface area contributed by atoms with Gasteiger partial charge >= 0.3 is 0 Å². The molecule has 0 aromatic heterocycles. The van der Waals surface area contributed by atoms with Crippen molar-refractivity contribution >= 4 is 0 Å². The molecule has 0 radical (unpaired) electrons. The van der Waals surface area contributed by atoms with E-state index in [0.717, 1.165) is 18.3 Å². The van der Waals surface area contributed by atoms with Crippen LogP contribution >= 0.6 is 0 Å². The van der Waals surface area contributed by atoms with Gasteiger partial charge in [0.1, 0.15) is 0 Å². The van der Waals surface area contributed by atoms with Gasteiger partial charge in [-0.2, -0.15) is 5.26 Å². The predicted molar refractivity (Wildman–Crippen MR) is 52.7 cm³/mol. The van der Waals surface area contributed by atoms with Crippen molar-refractivity contribution in [3.8, 4) is 6.07 Å². The van der Waals surface area contributed by atoms with E-state index in [1.807, 2.05) is 13.8 Å². The number of hydrogen-bond donors (Lipinski definition) is 0. The van der Waals surface area contributed by atoms with Gasteiger partial charge in [-0.3, -0.25) is 0 Å². The van der Waals surface area contributed by atoms with Crippen LogP contribution in [0.3, 0.4) is 0 Å². The molecule has 1 aliphatic carbocycles. The maximum Gasteiger partial charge on any atom is 0.0624 e. The fourth-order valence-electron chi connectivity index (χ4n) is 1.66. The molecule has 12 heavy (non-hydrogen) atoms. The van der Waals surface area contributed by atoms with Crippen molar-refractivity contribution in [2.75, 3.05) is 0 Å². The van der Waals surface area contributed by atoms with E-state index in [0.29, 0.717) is 0 Å². The van der Waals surface area contributed by atoms with E-state index >= 15 is 0 Å². The summed E-state index contributed by atoms with van der Waals surface area (Å²) in [6, 6.07) is 2.25. The van der Waals surface area contributed by atoms with Crippen LogP contribution in [-0.4, -0.2) is 0 Å². The number of nitriles is 1. The molecule has 1 rings (SSSR count). The zero-order chi connectivity index (χ0) is 9.40. The Morgan fingerprint density at radius 1 is 1.17 bits per heavy atom. The quantitative estimate of drug-likeness (QED) is 0.583. The smallest absolute Gasteiger partial charge is 0.0624 e. The van der Waals surface area contributed by atoms with Gasteiger partial charge in [-0.1, -0.05) is 33.6 Å². The van der Waals surface area contributed by atoms with Crippen LogP contribution in [0.2, 0.25) is 0 Å². The molecule has 0 saturated heterocycles. The Bertz CT molecular complexity index is 126. The lowest BCUT2D eigenvalue weighted by Gasteiger charge is -2.23. The number of nitrogens with zero attached hydrogens (tertiary/aromatic N) is 1. The van der Waals surface area contributed by atoms with Crippen molar-refractivity contribution in [1.82, 2.24) is 0 Å². The monoisotopic (exact) mass is 167 g/mol. The molecule has 0 spiro atoms. The Morgan fingerprint density at radius 2 is 1.67 bits per heavy atom. The highest BCUT2D eigenvalue weighted by atomic mass is 14.3. The lowest BCUT2D eigenvalue weighted by molar-refractivity contribution is 0.294. The first-order valence-corrected chi connectivity index (χ1v) is 5.20. The second kappa shape index (κ2) is 7.16. The van der Waals surface area contributed by atoms with Gasteiger partial charge in [0.2, 0.25) is 0 Å². The normalized spacial score (nSPS) is 28.2. The maximum absolute atomic E-state index is 8.43. The fourth-order valence-corrected chi connectivity index (χ4v) is 1.66. The summed E-state index contributed by atoms with van der Waals surface area (Å²) >= 11 is 0. The lowest BCUT2D eigenvalue weighted by atomic mass is 9.82. The predicted octanol–water partition coefficient (Wildman–Crippen LogP) is 3.75. The molecule has 1 saturated carbocycles. The van der Waals surface area contributed by atoms with Crippen molar-refractivity contribution in [3.05, 3.63) is 0 Å². The summed E-state index contributed by atoms with van der Waals surface area (Å²) < 4.78 is 0. The molecule has 0 atom stereocenters. The largest absolute Gasteiger partial charge is 0.198 e. The minimum atomic E-state index is 0.723. The molecule has 0 aliphatic heterocycles. The molecule has 1 nitrogen and oxygen atoms in total. The third-order valence-electron chi connectivity index (χ3n) is 2.52. The maximum atomic E-state index is 8.43. The minimum Gasteiger partial charge on any atom is -0.198 e. The lowest BCUT2D eigenvalue weighted by Crippen LogP contribution is -2.11. The van der Waals surface area contributed by atoms with E-state index in [2.05, 4.69) is 13.0 Å². The molecule has 1 fully saturated rings. The van der Waals surface area contributed by atoms with Gasteiger partial charge in [-0.15, -0.1) is 0 Å². The summed E-state index contributed by atoms with van der Waals surface area (Å²) in [5.41, 5.74) is 0. The first kappa shape index (κ1) is 11.5. The summed E-state index contributed by atoms with van der Waals surface area (Å²) in [6.07, 6.45) is 6.04. The molecular formula is C11H21N. The molecule has 1 heteroatoms. The standard InChI is InChI=1S/C9H15N.C2H6/c1-8-2-4-9(5-3-8)6-7-10;1-2/h8-9H,2-6H2,1H3;1-2H3. The Balaban J connectivity index is 0.000000561. The topological polar surface area (TPSA) is 23.8 Å². The fraction of sp³-hybridized carbons (Fsp3) is 0.909. The molecule has 0 aromatic carbocycles. The minimum absolute atomic E-state index is 0.723. The summed E-state index contributed by atoms with van der Waals surface area (Å²) in [6.45, 7) is 6.31. The van der Waals surface area contributed by atoms with Crippen LogP contribution < -0.4 is 0 Å². The van der Waals surface area contributed by atoms with E-state index < -0.39 is 0 Å². The Morgan fingerprint density at radius 3 is 2.08 bits per heavy atom. The summed E-state index contributed by atoms with van der Waals surface area (Å²) in [5.74, 6) is 1.64. The second-order valence-corrected chi connectivity index (χ2v) is 3.49. The molecule has 0 aromatic rings. The summed E-state index contributed by atoms with van der Waals surface area (Å²) in [7, 11) is 0. The molecule has 0 amide bonds. The first-order chi connectivity index (χ1) is 5.83. The highest BCUT2D eigenvalue weighted by Gasteiger charge is 2.17. The average molecular weight is 167 g/mol. The zero-order valence-corrected chi connectivity index (χ0v) is 8.64. The van der Waals surface area contributed by atoms with E-state index in [9.17, 15) is 0 Å². The van der Waals surface area contributed by atoms with Gasteiger partial charge in [0.15, 0.2) is 0 Å². The van der Waals surface area contributed by atoms with Crippen LogP contribution in [0.25, 0.3) is 0 Å². The first-order valence-electron chi connectivity index (χ1n) is 5.20. The molecule has 70 valence electrons. The van der Waals surface area contributed by atoms with Crippen molar-refractivity contribution in [2.24, 2.45) is 11.8 Å². The van der Waals surface area contributed by atoms with Crippen LogP contribution in [0.5, 0.6) is 0 Å². The van der Waals surface area contributed by atoms with Gasteiger partial charge in [-0.25, -0.2) is 0 Å². The third-order valence-corrected chi connectivity index (χ3v) is 2.52. The van der Waals surface area contributed by atoms with Crippen molar-refractivity contribution < 1.29 is 0 Å². The highest BCUT2D eigenvalue weighted by Crippen LogP contribution is 2.29. The summed E-state index contributed by atoms with van der Waals surface area (Å²) in [5, 5.41) is 8.43. The summed E-state index contributed by atoms with van der Waals surface area (Å²) in [4.78, 5) is 0. The van der Waals surface area contributed by atoms with E-state index in [1.165, 1.54) is 25.7 Å². The molecule has 0 bridgehead atoms. The van der Waals surface area contributed by atoms with Gasteiger partial charge in [0.05, 0.1) is 6.07 Å². The van der Waals surface area contributed by atoms with E-state index in [1.54, 1.807) is 0 Å². The molecular weight excluding hydrogens is 146 g/mol. The molecule has 0 heterocycles. The second-order valence-electron chi connectivity index (χ2n) is 3.49. The van der Waals surface area contributed by atoms with Crippen molar-refractivity contribution in [3.63, 3.8) is 0 Å². The number of hydrogen-bond acceptors (Lipinski definition) is 1. The third kappa shape index (κ3) is 4.38. The number of rotatable bonds is 1. The van der Waals surface area contributed by atoms with E-state index in [-0.39, 0.29) is 0 Å². The van der Waals surface area contributed by atoms with Gasteiger partial charge < -0.3 is 0 Å². The van der Waals surface area contributed by atoms with Crippen molar-refractivity contribution in [2.45, 2.75) is 52.9 Å². The van der Waals surface area contributed by atoms with Gasteiger partial charge in [0.25, 0.3) is 0 Å². The molecule has 0 N–H and O–H groups in total. The van der Waals surface area contributed by atoms with Crippen LogP contribution in [0.4, 0.5) is 0 Å². The van der Waals surface area contributed by atoms with E-state index in [4.69, 9.17) is 5.26 Å². The average Bonchev–Trinajstić information content (AvgIpc) is 2.13.